The topological polar surface area (TPSA) is 311 Å². The van der Waals surface area contributed by atoms with Gasteiger partial charge in [0.05, 0.1) is 52.8 Å². The Balaban J connectivity index is 0.000000954. The number of halogens is 1. The van der Waals surface area contributed by atoms with Gasteiger partial charge in [-0.15, -0.1) is 0 Å². The van der Waals surface area contributed by atoms with Crippen LogP contribution in [0.1, 0.15) is 43.5 Å². The fraction of sp³-hybridized carbons (Fsp3) is 0.156. The first kappa shape index (κ1) is 60.2. The van der Waals surface area contributed by atoms with Crippen molar-refractivity contribution in [1.29, 1.82) is 10.5 Å². The van der Waals surface area contributed by atoms with E-state index in [4.69, 9.17) is 49.8 Å². The van der Waals surface area contributed by atoms with Crippen molar-refractivity contribution in [3.63, 3.8) is 0 Å². The molecule has 23 heteroatoms. The number of nitrogens with zero attached hydrogens (tertiary/aromatic N) is 6. The number of aliphatic carboxylic acids is 2. The van der Waals surface area contributed by atoms with Gasteiger partial charge in [-0.05, 0) is 74.5 Å². The SMILES string of the molecule is C.CC(=O)O.CC(=O)O.COc1ccc(Cn2cc(C#N)ccc2=O)cc1-c1cccc([N+](=O)[O-])c1.COc1ccc(Cn2cc(C#N)ccc2=O)cc1Br.O=[N+]([O-])c1cccc(B(O)O)c1.[Pd]. The third kappa shape index (κ3) is 20.6. The molecule has 0 bridgehead atoms. The summed E-state index contributed by atoms with van der Waals surface area (Å²) in [4.78, 5) is 62.0. The van der Waals surface area contributed by atoms with E-state index in [9.17, 15) is 29.8 Å². The second kappa shape index (κ2) is 30.4. The number of carboxylic acids is 2. The van der Waals surface area contributed by atoms with Crippen LogP contribution in [0.2, 0.25) is 0 Å². The number of ether oxygens (including phenoxy) is 2. The monoisotopic (exact) mass is 1090 g/mol. The number of nitriles is 2. The van der Waals surface area contributed by atoms with Crippen molar-refractivity contribution in [2.24, 2.45) is 0 Å². The van der Waals surface area contributed by atoms with Crippen molar-refractivity contribution in [3.05, 3.63) is 189 Å². The van der Waals surface area contributed by atoms with Gasteiger partial charge >= 0.3 is 7.12 Å². The summed E-state index contributed by atoms with van der Waals surface area (Å²) in [7, 11) is 1.46. The molecule has 4 N–H and O–H groups in total. The molecule has 0 aliphatic heterocycles. The molecule has 20 nitrogen and oxygen atoms in total. The Bertz CT molecular complexity index is 2860. The molecule has 0 saturated heterocycles. The smallest absolute Gasteiger partial charge is 0.488 e. The Morgan fingerprint density at radius 1 is 0.691 bits per heavy atom. The van der Waals surface area contributed by atoms with E-state index in [0.717, 1.165) is 41.3 Å². The first-order valence-corrected chi connectivity index (χ1v) is 19.5. The molecule has 0 saturated carbocycles. The van der Waals surface area contributed by atoms with Gasteiger partial charge in [0.1, 0.15) is 23.6 Å². The number of methoxy groups -OCH3 is 2. The van der Waals surface area contributed by atoms with Crippen LogP contribution in [-0.2, 0) is 43.1 Å². The standard InChI is InChI=1S/C20H15N3O4.C14H11BrN2O2.C6H6BNO4.2C2H4O2.CH4.Pd/c1-27-19-7-5-14(12-22-13-15(11-21)6-8-20(22)24)9-18(19)16-3-2-4-17(10-16)23(25)26;1-19-13-4-2-10(6-12(13)15)8-17-9-11(7-16)3-5-14(17)18;9-7(10)5-2-1-3-6(4-5)8(11)12;2*1-2(3)4;;/h2-10,13H,12H2,1H3;2-6,9H,8H2,1H3;1-4,9-10H;2*1H3,(H,3,4);1H4;. The van der Waals surface area contributed by atoms with Gasteiger partial charge in [0.25, 0.3) is 34.4 Å². The molecule has 0 aliphatic rings. The van der Waals surface area contributed by atoms with Crippen LogP contribution in [0.3, 0.4) is 0 Å². The molecule has 6 aromatic rings. The minimum Gasteiger partial charge on any atom is -0.496 e. The predicted molar refractivity (Wildman–Crippen MR) is 251 cm³/mol. The van der Waals surface area contributed by atoms with E-state index in [0.29, 0.717) is 34.5 Å². The van der Waals surface area contributed by atoms with E-state index < -0.39 is 28.9 Å². The van der Waals surface area contributed by atoms with Crippen LogP contribution < -0.4 is 26.1 Å². The number of carbonyl (C=O) groups is 2. The van der Waals surface area contributed by atoms with Gasteiger partial charge in [-0.2, -0.15) is 10.5 Å². The van der Waals surface area contributed by atoms with Crippen LogP contribution in [0.4, 0.5) is 11.4 Å². The summed E-state index contributed by atoms with van der Waals surface area (Å²) >= 11 is 3.40. The Morgan fingerprint density at radius 2 is 1.12 bits per heavy atom. The zero-order valence-electron chi connectivity index (χ0n) is 35.8. The molecule has 0 aliphatic carbocycles. The van der Waals surface area contributed by atoms with E-state index in [1.807, 2.05) is 42.5 Å². The van der Waals surface area contributed by atoms with E-state index in [2.05, 4.69) is 15.9 Å². The van der Waals surface area contributed by atoms with Crippen molar-refractivity contribution >= 4 is 51.8 Å². The van der Waals surface area contributed by atoms with E-state index in [-0.39, 0.29) is 62.4 Å². The largest absolute Gasteiger partial charge is 0.496 e. The van der Waals surface area contributed by atoms with Crippen molar-refractivity contribution in [2.45, 2.75) is 34.4 Å². The number of hydrogen-bond donors (Lipinski definition) is 4. The predicted octanol–water partition coefficient (Wildman–Crippen LogP) is 5.98. The Labute approximate surface area is 411 Å². The maximum atomic E-state index is 12.0. The number of non-ortho nitro benzene ring substituents is 2. The summed E-state index contributed by atoms with van der Waals surface area (Å²) in [5.41, 5.74) is 3.52. The number of benzene rings is 4. The zero-order chi connectivity index (χ0) is 49.5. The number of pyridine rings is 2. The van der Waals surface area contributed by atoms with Crippen molar-refractivity contribution < 1.29 is 69.6 Å². The second-order valence-corrected chi connectivity index (χ2v) is 13.9. The van der Waals surface area contributed by atoms with Crippen LogP contribution in [0.25, 0.3) is 11.1 Å². The quantitative estimate of drug-likeness (QED) is 0.0696. The van der Waals surface area contributed by atoms with Gasteiger partial charge in [0.2, 0.25) is 0 Å². The molecule has 2 heterocycles. The fourth-order valence-corrected chi connectivity index (χ4v) is 5.90. The minimum atomic E-state index is -1.66. The molecule has 0 amide bonds. The molecule has 4 aromatic carbocycles. The van der Waals surface area contributed by atoms with Gasteiger partial charge in [-0.25, -0.2) is 0 Å². The van der Waals surface area contributed by atoms with Crippen molar-refractivity contribution in [3.8, 4) is 34.8 Å². The Morgan fingerprint density at radius 3 is 1.53 bits per heavy atom. The minimum absolute atomic E-state index is 0. The zero-order valence-corrected chi connectivity index (χ0v) is 38.9. The normalized spacial score (nSPS) is 9.25. The number of rotatable bonds is 10. The molecule has 6 rings (SSSR count). The third-order valence-electron chi connectivity index (χ3n) is 8.16. The van der Waals surface area contributed by atoms with Crippen LogP contribution in [-0.4, -0.2) is 72.5 Å². The fourth-order valence-electron chi connectivity index (χ4n) is 5.31. The van der Waals surface area contributed by atoms with Gasteiger partial charge in [-0.1, -0.05) is 43.8 Å². The average Bonchev–Trinajstić information content (AvgIpc) is 3.28. The summed E-state index contributed by atoms with van der Waals surface area (Å²) in [5.74, 6) is -0.362. The summed E-state index contributed by atoms with van der Waals surface area (Å²) in [6.07, 6.45) is 3.06. The van der Waals surface area contributed by atoms with Gasteiger partial charge in [0, 0.05) is 88.6 Å². The van der Waals surface area contributed by atoms with Crippen molar-refractivity contribution in [1.82, 2.24) is 9.13 Å². The van der Waals surface area contributed by atoms with Crippen LogP contribution in [0.5, 0.6) is 11.5 Å². The maximum Gasteiger partial charge on any atom is 0.488 e. The maximum absolute atomic E-state index is 12.0. The summed E-state index contributed by atoms with van der Waals surface area (Å²) in [6, 6.07) is 32.2. The van der Waals surface area contributed by atoms with Gasteiger partial charge in [0.15, 0.2) is 0 Å². The summed E-state index contributed by atoms with van der Waals surface area (Å²) < 4.78 is 14.3. The molecule has 0 atom stereocenters. The van der Waals surface area contributed by atoms with Crippen LogP contribution in [0.15, 0.2) is 136 Å². The van der Waals surface area contributed by atoms with E-state index in [1.165, 1.54) is 77.0 Å². The molecule has 0 spiro atoms. The first-order valence-electron chi connectivity index (χ1n) is 18.7. The molecule has 0 radical (unpaired) electrons. The number of hydrogen-bond acceptors (Lipinski definition) is 14. The summed E-state index contributed by atoms with van der Waals surface area (Å²) in [6.45, 7) is 2.84. The van der Waals surface area contributed by atoms with Crippen molar-refractivity contribution in [2.75, 3.05) is 14.2 Å². The molecule has 68 heavy (non-hydrogen) atoms. The molecule has 0 fully saturated rings. The number of carboxylic acid groups (broad SMARTS) is 2. The molecule has 2 aromatic heterocycles. The second-order valence-electron chi connectivity index (χ2n) is 13.1. The van der Waals surface area contributed by atoms with E-state index in [1.54, 1.807) is 31.5 Å². The third-order valence-corrected chi connectivity index (χ3v) is 8.78. The first-order chi connectivity index (χ1) is 31.2. The van der Waals surface area contributed by atoms with E-state index >= 15 is 0 Å². The molecular formula is C45H44BBrN6O14Pd. The van der Waals surface area contributed by atoms with Gasteiger partial charge in [-0.3, -0.25) is 39.4 Å². The molecule has 0 unspecified atom stereocenters. The van der Waals surface area contributed by atoms with Crippen LogP contribution in [0, 0.1) is 42.9 Å². The van der Waals surface area contributed by atoms with Crippen LogP contribution >= 0.6 is 15.9 Å². The average molecular weight is 1090 g/mol. The number of nitro benzene ring substituents is 2. The Hall–Kier alpha value is -7.77. The Kier molecular flexibility index (Phi) is 27.0. The molecular weight excluding hydrogens is 1050 g/mol. The summed E-state index contributed by atoms with van der Waals surface area (Å²) in [5, 5.41) is 71.3. The molecule has 358 valence electrons. The van der Waals surface area contributed by atoms with Gasteiger partial charge < -0.3 is 38.9 Å². The number of aromatic nitrogens is 2. The number of nitro groups is 2.